The van der Waals surface area contributed by atoms with E-state index in [0.29, 0.717) is 16.6 Å². The molecule has 0 radical (unpaired) electrons. The van der Waals surface area contributed by atoms with Crippen LogP contribution in [-0.4, -0.2) is 37.8 Å². The maximum atomic E-state index is 11.4. The number of rotatable bonds is 3. The molecule has 84 valence electrons. The second kappa shape index (κ2) is 4.40. The fourth-order valence-electron chi connectivity index (χ4n) is 1.31. The van der Waals surface area contributed by atoms with E-state index in [-0.39, 0.29) is 0 Å². The minimum Gasteiger partial charge on any atom is -0.494 e. The molecule has 0 saturated heterocycles. The average molecular weight is 238 g/mol. The third kappa shape index (κ3) is 1.81. The van der Waals surface area contributed by atoms with E-state index in [1.807, 2.05) is 12.1 Å². The lowest BCUT2D eigenvalue weighted by Gasteiger charge is -2.07. The molecule has 1 heterocycles. The molecule has 0 aliphatic carbocycles. The van der Waals surface area contributed by atoms with Gasteiger partial charge in [-0.05, 0) is 22.6 Å². The molecule has 6 nitrogen and oxygen atoms in total. The Balaban J connectivity index is 2.58. The first kappa shape index (κ1) is 10.7. The van der Waals surface area contributed by atoms with E-state index in [2.05, 4.69) is 15.5 Å². The molecule has 0 spiro atoms. The van der Waals surface area contributed by atoms with Crippen LogP contribution in [0.15, 0.2) is 29.4 Å². The summed E-state index contributed by atoms with van der Waals surface area (Å²) in [6, 6.07) is 7.27. The van der Waals surface area contributed by atoms with Crippen LogP contribution in [0.1, 0.15) is 0 Å². The zero-order valence-electron chi connectivity index (χ0n) is 8.82. The van der Waals surface area contributed by atoms with Gasteiger partial charge in [-0.15, -0.1) is 0 Å². The van der Waals surface area contributed by atoms with Gasteiger partial charge < -0.3 is 4.74 Å². The Hall–Kier alpha value is -1.76. The number of benzene rings is 1. The predicted octanol–water partition coefficient (Wildman–Crippen LogP) is 0.408. The maximum Gasteiger partial charge on any atom is 0.244 e. The first-order valence-electron chi connectivity index (χ1n) is 4.49. The summed E-state index contributed by atoms with van der Waals surface area (Å²) in [5, 5.41) is 11.3. The molecule has 1 atom stereocenters. The molecule has 2 aromatic rings. The van der Waals surface area contributed by atoms with Crippen LogP contribution in [-0.2, 0) is 10.8 Å². The van der Waals surface area contributed by atoms with Gasteiger partial charge in [0.2, 0.25) is 5.16 Å². The summed E-state index contributed by atoms with van der Waals surface area (Å²) in [6.07, 6.45) is 1.53. The van der Waals surface area contributed by atoms with Crippen molar-refractivity contribution in [3.05, 3.63) is 24.3 Å². The summed E-state index contributed by atoms with van der Waals surface area (Å²) < 4.78 is 18.0. The first-order valence-corrected chi connectivity index (χ1v) is 6.05. The highest BCUT2D eigenvalue weighted by Gasteiger charge is 2.14. The highest BCUT2D eigenvalue weighted by atomic mass is 32.2. The summed E-state index contributed by atoms with van der Waals surface area (Å²) in [5.41, 5.74) is 0.667. The van der Waals surface area contributed by atoms with E-state index in [0.717, 1.165) is 0 Å². The molecule has 2 rings (SSSR count). The lowest BCUT2D eigenvalue weighted by molar-refractivity contribution is 0.410. The Bertz CT molecular complexity index is 526. The highest BCUT2D eigenvalue weighted by molar-refractivity contribution is 7.84. The average Bonchev–Trinajstić information content (AvgIpc) is 2.77. The monoisotopic (exact) mass is 238 g/mol. The zero-order chi connectivity index (χ0) is 11.5. The molecule has 0 N–H and O–H groups in total. The maximum absolute atomic E-state index is 11.4. The summed E-state index contributed by atoms with van der Waals surface area (Å²) in [4.78, 5) is 0. The van der Waals surface area contributed by atoms with Crippen molar-refractivity contribution in [1.82, 2.24) is 20.2 Å². The number of methoxy groups -OCH3 is 1. The smallest absolute Gasteiger partial charge is 0.244 e. The number of tetrazole rings is 1. The molecule has 0 aliphatic rings. The third-order valence-electron chi connectivity index (χ3n) is 2.01. The van der Waals surface area contributed by atoms with E-state index in [1.165, 1.54) is 10.9 Å². The lowest BCUT2D eigenvalue weighted by atomic mass is 10.3. The number of nitrogens with zero attached hydrogens (tertiary/aromatic N) is 4. The van der Waals surface area contributed by atoms with Crippen LogP contribution in [0.5, 0.6) is 5.75 Å². The molecule has 1 unspecified atom stereocenters. The second-order valence-electron chi connectivity index (χ2n) is 3.00. The Kier molecular flexibility index (Phi) is 2.95. The molecular weight excluding hydrogens is 228 g/mol. The normalized spacial score (nSPS) is 12.4. The van der Waals surface area contributed by atoms with Crippen molar-refractivity contribution < 1.29 is 8.95 Å². The van der Waals surface area contributed by atoms with Gasteiger partial charge in [0.05, 0.1) is 17.9 Å². The Morgan fingerprint density at radius 2 is 2.12 bits per heavy atom. The summed E-state index contributed by atoms with van der Waals surface area (Å²) in [6.45, 7) is 0. The number of aromatic nitrogens is 4. The number of para-hydroxylation sites is 2. The van der Waals surface area contributed by atoms with Gasteiger partial charge in [-0.25, -0.2) is 0 Å². The SMILES string of the molecule is COc1ccccc1-n1nnnc1S(C)=O. The third-order valence-corrected chi connectivity index (χ3v) is 2.78. The van der Waals surface area contributed by atoms with Crippen LogP contribution in [0.3, 0.4) is 0 Å². The van der Waals surface area contributed by atoms with Gasteiger partial charge in [-0.1, -0.05) is 17.2 Å². The van der Waals surface area contributed by atoms with Crippen molar-refractivity contribution in [3.8, 4) is 11.4 Å². The van der Waals surface area contributed by atoms with Gasteiger partial charge in [0, 0.05) is 6.26 Å². The molecule has 1 aromatic carbocycles. The number of hydrogen-bond donors (Lipinski definition) is 0. The summed E-state index contributed by atoms with van der Waals surface area (Å²) in [7, 11) is 0.312. The Morgan fingerprint density at radius 1 is 1.38 bits per heavy atom. The topological polar surface area (TPSA) is 69.9 Å². The van der Waals surface area contributed by atoms with Crippen LogP contribution in [0.2, 0.25) is 0 Å². The van der Waals surface area contributed by atoms with Gasteiger partial charge >= 0.3 is 0 Å². The molecule has 16 heavy (non-hydrogen) atoms. The number of ether oxygens (including phenoxy) is 1. The zero-order valence-corrected chi connectivity index (χ0v) is 9.64. The van der Waals surface area contributed by atoms with E-state index in [4.69, 9.17) is 4.74 Å². The van der Waals surface area contributed by atoms with Gasteiger partial charge in [-0.2, -0.15) is 4.68 Å². The predicted molar refractivity (Wildman–Crippen MR) is 58.0 cm³/mol. The standard InChI is InChI=1S/C9H10N4O2S/c1-15-8-6-4-3-5-7(8)13-9(16(2)14)10-11-12-13/h3-6H,1-2H3. The minimum atomic E-state index is -1.25. The highest BCUT2D eigenvalue weighted by Crippen LogP contribution is 2.22. The Labute approximate surface area is 94.7 Å². The Morgan fingerprint density at radius 3 is 2.81 bits per heavy atom. The van der Waals surface area contributed by atoms with Crippen LogP contribution < -0.4 is 4.74 Å². The molecule has 0 amide bonds. The van der Waals surface area contributed by atoms with E-state index >= 15 is 0 Å². The minimum absolute atomic E-state index is 0.296. The quantitative estimate of drug-likeness (QED) is 0.774. The largest absolute Gasteiger partial charge is 0.494 e. The second-order valence-corrected chi connectivity index (χ2v) is 4.27. The number of hydrogen-bond acceptors (Lipinski definition) is 5. The molecule has 7 heteroatoms. The van der Waals surface area contributed by atoms with Gasteiger partial charge in [0.25, 0.3) is 0 Å². The molecule has 0 saturated carbocycles. The van der Waals surface area contributed by atoms with Crippen LogP contribution in [0.25, 0.3) is 5.69 Å². The van der Waals surface area contributed by atoms with E-state index in [1.54, 1.807) is 19.2 Å². The van der Waals surface area contributed by atoms with Crippen molar-refractivity contribution in [1.29, 1.82) is 0 Å². The fraction of sp³-hybridized carbons (Fsp3) is 0.222. The summed E-state index contributed by atoms with van der Waals surface area (Å²) in [5.74, 6) is 0.626. The lowest BCUT2D eigenvalue weighted by Crippen LogP contribution is -2.05. The first-order chi connectivity index (χ1) is 7.74. The van der Waals surface area contributed by atoms with Crippen molar-refractivity contribution in [2.24, 2.45) is 0 Å². The molecule has 0 bridgehead atoms. The molecule has 1 aromatic heterocycles. The van der Waals surface area contributed by atoms with Crippen LogP contribution in [0, 0.1) is 0 Å². The van der Waals surface area contributed by atoms with Gasteiger partial charge in [-0.3, -0.25) is 4.21 Å². The van der Waals surface area contributed by atoms with Gasteiger partial charge in [0.1, 0.15) is 11.4 Å². The van der Waals surface area contributed by atoms with E-state index < -0.39 is 10.8 Å². The van der Waals surface area contributed by atoms with Crippen molar-refractivity contribution in [2.45, 2.75) is 5.16 Å². The van der Waals surface area contributed by atoms with Crippen molar-refractivity contribution in [3.63, 3.8) is 0 Å². The molecule has 0 fully saturated rings. The van der Waals surface area contributed by atoms with Crippen LogP contribution in [0.4, 0.5) is 0 Å². The van der Waals surface area contributed by atoms with Gasteiger partial charge in [0.15, 0.2) is 0 Å². The molecular formula is C9H10N4O2S. The van der Waals surface area contributed by atoms with Crippen molar-refractivity contribution in [2.75, 3.05) is 13.4 Å². The van der Waals surface area contributed by atoms with E-state index in [9.17, 15) is 4.21 Å². The van der Waals surface area contributed by atoms with Crippen molar-refractivity contribution >= 4 is 10.8 Å². The summed E-state index contributed by atoms with van der Waals surface area (Å²) >= 11 is 0. The molecule has 0 aliphatic heterocycles. The fourth-order valence-corrected chi connectivity index (χ4v) is 1.84. The van der Waals surface area contributed by atoms with Crippen LogP contribution >= 0.6 is 0 Å².